The molecule has 0 aliphatic rings. The van der Waals surface area contributed by atoms with Crippen LogP contribution in [0.4, 0.5) is 0 Å². The van der Waals surface area contributed by atoms with Gasteiger partial charge in [-0.3, -0.25) is 4.68 Å². The normalized spacial score (nSPS) is 12.9. The summed E-state index contributed by atoms with van der Waals surface area (Å²) in [5.74, 6) is 0.240. The van der Waals surface area contributed by atoms with Crippen LogP contribution in [-0.4, -0.2) is 31.9 Å². The van der Waals surface area contributed by atoms with Crippen molar-refractivity contribution in [3.63, 3.8) is 0 Å². The molecule has 0 amide bonds. The van der Waals surface area contributed by atoms with Gasteiger partial charge < -0.3 is 4.74 Å². The van der Waals surface area contributed by atoms with E-state index in [2.05, 4.69) is 9.82 Å². The van der Waals surface area contributed by atoms with Crippen molar-refractivity contribution >= 4 is 33.0 Å². The summed E-state index contributed by atoms with van der Waals surface area (Å²) in [4.78, 5) is 1.01. The summed E-state index contributed by atoms with van der Waals surface area (Å²) in [5.41, 5.74) is 0. The number of sulfonamides is 1. The fraction of sp³-hybridized carbons (Fsp3) is 0.188. The second-order valence-electron chi connectivity index (χ2n) is 5.16. The van der Waals surface area contributed by atoms with Crippen molar-refractivity contribution in [3.05, 3.63) is 64.1 Å². The van der Waals surface area contributed by atoms with Crippen molar-refractivity contribution < 1.29 is 13.2 Å². The molecule has 0 saturated carbocycles. The molecule has 6 nitrogen and oxygen atoms in total. The van der Waals surface area contributed by atoms with Gasteiger partial charge in [-0.2, -0.15) is 5.10 Å². The molecule has 0 fully saturated rings. The molecule has 2 aromatic heterocycles. The van der Waals surface area contributed by atoms with Crippen molar-refractivity contribution in [2.45, 2.75) is 10.9 Å². The van der Waals surface area contributed by atoms with E-state index in [1.807, 2.05) is 17.5 Å². The minimum atomic E-state index is -3.80. The maximum atomic E-state index is 12.7. The molecule has 0 aliphatic heterocycles. The predicted octanol–water partition coefficient (Wildman–Crippen LogP) is 3.17. The molecule has 1 atom stereocenters. The summed E-state index contributed by atoms with van der Waals surface area (Å²) in [7, 11) is -2.38. The van der Waals surface area contributed by atoms with Gasteiger partial charge in [-0.05, 0) is 35.7 Å². The number of halogens is 1. The zero-order valence-corrected chi connectivity index (χ0v) is 15.7. The predicted molar refractivity (Wildman–Crippen MR) is 97.9 cm³/mol. The average molecular weight is 398 g/mol. The van der Waals surface area contributed by atoms with E-state index in [-0.39, 0.29) is 23.2 Å². The number of ether oxygens (including phenoxy) is 1. The quantitative estimate of drug-likeness (QED) is 0.664. The fourth-order valence-corrected chi connectivity index (χ4v) is 4.69. The molecule has 0 saturated heterocycles. The van der Waals surface area contributed by atoms with Crippen LogP contribution in [-0.2, 0) is 10.0 Å². The number of hydrogen-bond acceptors (Lipinski definition) is 5. The lowest BCUT2D eigenvalue weighted by molar-refractivity contribution is 0.402. The van der Waals surface area contributed by atoms with E-state index < -0.39 is 10.0 Å². The van der Waals surface area contributed by atoms with Crippen LogP contribution in [0.15, 0.2) is 59.1 Å². The molecule has 1 N–H and O–H groups in total. The van der Waals surface area contributed by atoms with E-state index in [1.54, 1.807) is 40.5 Å². The summed E-state index contributed by atoms with van der Waals surface area (Å²) in [6.45, 7) is 0.153. The van der Waals surface area contributed by atoms with Crippen molar-refractivity contribution in [1.29, 1.82) is 0 Å². The van der Waals surface area contributed by atoms with Crippen molar-refractivity contribution in [1.82, 2.24) is 14.5 Å². The Morgan fingerprint density at radius 3 is 2.84 bits per heavy atom. The highest BCUT2D eigenvalue weighted by Gasteiger charge is 2.23. The van der Waals surface area contributed by atoms with Crippen LogP contribution in [0.1, 0.15) is 10.9 Å². The van der Waals surface area contributed by atoms with Crippen LogP contribution in [0.3, 0.4) is 0 Å². The Bertz CT molecular complexity index is 891. The molecular formula is C16H16ClN3O3S2. The lowest BCUT2D eigenvalue weighted by atomic mass is 10.2. The van der Waals surface area contributed by atoms with Crippen LogP contribution >= 0.6 is 22.9 Å². The number of benzene rings is 1. The third-order valence-corrected chi connectivity index (χ3v) is 6.25. The Morgan fingerprint density at radius 1 is 1.36 bits per heavy atom. The number of rotatable bonds is 7. The number of aromatic nitrogens is 2. The van der Waals surface area contributed by atoms with Crippen LogP contribution < -0.4 is 9.46 Å². The van der Waals surface area contributed by atoms with Gasteiger partial charge in [0.05, 0.1) is 13.2 Å². The van der Waals surface area contributed by atoms with E-state index in [0.29, 0.717) is 5.02 Å². The Morgan fingerprint density at radius 2 is 2.20 bits per heavy atom. The SMILES string of the molecule is COc1ccc(Cl)cc1S(=O)(=O)NCC(c1cccs1)n1cccn1. The van der Waals surface area contributed by atoms with E-state index in [4.69, 9.17) is 16.3 Å². The largest absolute Gasteiger partial charge is 0.495 e. The minimum Gasteiger partial charge on any atom is -0.495 e. The molecule has 1 unspecified atom stereocenters. The van der Waals surface area contributed by atoms with Crippen molar-refractivity contribution in [2.75, 3.05) is 13.7 Å². The van der Waals surface area contributed by atoms with E-state index in [1.165, 1.54) is 19.2 Å². The highest BCUT2D eigenvalue weighted by atomic mass is 35.5. The molecule has 0 spiro atoms. The fourth-order valence-electron chi connectivity index (χ4n) is 2.40. The summed E-state index contributed by atoms with van der Waals surface area (Å²) < 4.78 is 35.0. The first-order chi connectivity index (χ1) is 12.0. The van der Waals surface area contributed by atoms with E-state index in [9.17, 15) is 8.42 Å². The summed E-state index contributed by atoms with van der Waals surface area (Å²) in [5, 5.41) is 6.50. The average Bonchev–Trinajstić information content (AvgIpc) is 3.29. The molecule has 25 heavy (non-hydrogen) atoms. The van der Waals surface area contributed by atoms with Gasteiger partial charge in [0, 0.05) is 28.8 Å². The smallest absolute Gasteiger partial charge is 0.244 e. The molecular weight excluding hydrogens is 382 g/mol. The standard InChI is InChI=1S/C16H16ClN3O3S2/c1-23-14-6-5-12(17)10-16(14)25(21,22)19-11-13(15-4-2-9-24-15)20-8-3-7-18-20/h2-10,13,19H,11H2,1H3. The van der Waals surface area contributed by atoms with Gasteiger partial charge in [-0.15, -0.1) is 11.3 Å². The third-order valence-electron chi connectivity index (χ3n) is 3.60. The number of hydrogen-bond donors (Lipinski definition) is 1. The topological polar surface area (TPSA) is 73.2 Å². The zero-order valence-electron chi connectivity index (χ0n) is 13.3. The van der Waals surface area contributed by atoms with Crippen LogP contribution in [0.25, 0.3) is 0 Å². The molecule has 3 rings (SSSR count). The first-order valence-corrected chi connectivity index (χ1v) is 10.1. The summed E-state index contributed by atoms with van der Waals surface area (Å²) in [6.07, 6.45) is 3.47. The summed E-state index contributed by atoms with van der Waals surface area (Å²) >= 11 is 7.49. The minimum absolute atomic E-state index is 0.00731. The van der Waals surface area contributed by atoms with Gasteiger partial charge in [0.15, 0.2) is 0 Å². The second-order valence-corrected chi connectivity index (χ2v) is 8.32. The van der Waals surface area contributed by atoms with Gasteiger partial charge in [-0.1, -0.05) is 17.7 Å². The first kappa shape index (κ1) is 17.9. The van der Waals surface area contributed by atoms with Crippen molar-refractivity contribution in [2.24, 2.45) is 0 Å². The van der Waals surface area contributed by atoms with Crippen LogP contribution in [0.2, 0.25) is 5.02 Å². The Kier molecular flexibility index (Phi) is 5.43. The van der Waals surface area contributed by atoms with E-state index >= 15 is 0 Å². The highest BCUT2D eigenvalue weighted by Crippen LogP contribution is 2.28. The molecule has 0 bridgehead atoms. The number of nitrogens with one attached hydrogen (secondary N) is 1. The number of thiophene rings is 1. The molecule has 132 valence electrons. The molecule has 1 aromatic carbocycles. The first-order valence-electron chi connectivity index (χ1n) is 7.37. The van der Waals surface area contributed by atoms with Gasteiger partial charge in [0.1, 0.15) is 10.6 Å². The van der Waals surface area contributed by atoms with Crippen LogP contribution in [0.5, 0.6) is 5.75 Å². The van der Waals surface area contributed by atoms with Gasteiger partial charge in [0.25, 0.3) is 0 Å². The Balaban J connectivity index is 1.87. The molecule has 2 heterocycles. The molecule has 3 aromatic rings. The molecule has 9 heteroatoms. The Hall–Kier alpha value is -1.87. The number of nitrogens with zero attached hydrogens (tertiary/aromatic N) is 2. The van der Waals surface area contributed by atoms with E-state index in [0.717, 1.165) is 4.88 Å². The number of methoxy groups -OCH3 is 1. The zero-order chi connectivity index (χ0) is 17.9. The third kappa shape index (κ3) is 4.04. The maximum absolute atomic E-state index is 12.7. The monoisotopic (exact) mass is 397 g/mol. The Labute approximate surface area is 155 Å². The maximum Gasteiger partial charge on any atom is 0.244 e. The van der Waals surface area contributed by atoms with Gasteiger partial charge in [0.2, 0.25) is 10.0 Å². The summed E-state index contributed by atoms with van der Waals surface area (Å²) in [6, 6.07) is 9.91. The van der Waals surface area contributed by atoms with Gasteiger partial charge >= 0.3 is 0 Å². The lowest BCUT2D eigenvalue weighted by Gasteiger charge is -2.18. The lowest BCUT2D eigenvalue weighted by Crippen LogP contribution is -2.31. The second kappa shape index (κ2) is 7.57. The van der Waals surface area contributed by atoms with Crippen molar-refractivity contribution in [3.8, 4) is 5.75 Å². The van der Waals surface area contributed by atoms with Gasteiger partial charge in [-0.25, -0.2) is 13.1 Å². The molecule has 0 aliphatic carbocycles. The highest BCUT2D eigenvalue weighted by molar-refractivity contribution is 7.89. The molecule has 0 radical (unpaired) electrons. The van der Waals surface area contributed by atoms with Crippen LogP contribution in [0, 0.1) is 0 Å².